The van der Waals surface area contributed by atoms with Gasteiger partial charge in [-0.1, -0.05) is 31.2 Å². The number of rotatable bonds is 4. The van der Waals surface area contributed by atoms with Crippen LogP contribution in [0.4, 0.5) is 10.1 Å². The molecule has 1 aliphatic heterocycles. The number of nitrogens with zero attached hydrogens (tertiary/aromatic N) is 1. The van der Waals surface area contributed by atoms with Crippen LogP contribution < -0.4 is 5.32 Å². The lowest BCUT2D eigenvalue weighted by Crippen LogP contribution is -2.38. The van der Waals surface area contributed by atoms with Gasteiger partial charge in [-0.25, -0.2) is 4.39 Å². The molecule has 0 spiro atoms. The summed E-state index contributed by atoms with van der Waals surface area (Å²) in [5, 5.41) is 2.77. The standard InChI is InChI=1S/C22H23FN2O2/c1-16-12-14-25(15-13-16)22(27)19-4-2-3-5-20(19)24-21(26)11-8-17-6-9-18(23)10-7-17/h2-11,16H,12-15H2,1H3,(H,24,26)/b11-8+. The Bertz CT molecular complexity index is 838. The molecule has 0 aromatic heterocycles. The highest BCUT2D eigenvalue weighted by molar-refractivity contribution is 6.07. The first-order valence-corrected chi connectivity index (χ1v) is 9.16. The zero-order chi connectivity index (χ0) is 19.2. The number of amides is 2. The van der Waals surface area contributed by atoms with Gasteiger partial charge in [0.05, 0.1) is 11.3 Å². The molecule has 1 heterocycles. The van der Waals surface area contributed by atoms with Crippen molar-refractivity contribution in [2.24, 2.45) is 5.92 Å². The van der Waals surface area contributed by atoms with Crippen molar-refractivity contribution in [1.82, 2.24) is 4.90 Å². The number of hydrogen-bond donors (Lipinski definition) is 1. The smallest absolute Gasteiger partial charge is 0.255 e. The number of halogens is 1. The van der Waals surface area contributed by atoms with Crippen LogP contribution in [-0.2, 0) is 4.79 Å². The number of carbonyl (C=O) groups is 2. The summed E-state index contributed by atoms with van der Waals surface area (Å²) in [5.41, 5.74) is 1.71. The number of piperidine rings is 1. The molecule has 0 aliphatic carbocycles. The molecule has 0 saturated carbocycles. The largest absolute Gasteiger partial charge is 0.339 e. The Labute approximate surface area is 158 Å². The Morgan fingerprint density at radius 2 is 1.74 bits per heavy atom. The van der Waals surface area contributed by atoms with Crippen molar-refractivity contribution in [3.8, 4) is 0 Å². The van der Waals surface area contributed by atoms with Gasteiger partial charge in [0.25, 0.3) is 5.91 Å². The summed E-state index contributed by atoms with van der Waals surface area (Å²) in [7, 11) is 0. The lowest BCUT2D eigenvalue weighted by molar-refractivity contribution is -0.111. The number of para-hydroxylation sites is 1. The number of likely N-dealkylation sites (tertiary alicyclic amines) is 1. The average Bonchev–Trinajstić information content (AvgIpc) is 2.68. The van der Waals surface area contributed by atoms with E-state index in [2.05, 4.69) is 12.2 Å². The minimum atomic E-state index is -0.341. The van der Waals surface area contributed by atoms with Crippen molar-refractivity contribution in [3.05, 3.63) is 71.6 Å². The number of nitrogens with one attached hydrogen (secondary N) is 1. The molecule has 1 aliphatic rings. The fraction of sp³-hybridized carbons (Fsp3) is 0.273. The molecule has 1 N–H and O–H groups in total. The molecular formula is C22H23FN2O2. The number of anilines is 1. The van der Waals surface area contributed by atoms with E-state index in [0.717, 1.165) is 31.5 Å². The zero-order valence-corrected chi connectivity index (χ0v) is 15.3. The summed E-state index contributed by atoms with van der Waals surface area (Å²) in [6.45, 7) is 3.68. The molecule has 2 aromatic rings. The summed E-state index contributed by atoms with van der Waals surface area (Å²) >= 11 is 0. The molecule has 0 atom stereocenters. The second-order valence-electron chi connectivity index (χ2n) is 6.89. The Kier molecular flexibility index (Phi) is 6.01. The lowest BCUT2D eigenvalue weighted by atomic mass is 9.98. The molecular weight excluding hydrogens is 343 g/mol. The van der Waals surface area contributed by atoms with E-state index in [0.29, 0.717) is 17.2 Å². The Morgan fingerprint density at radius 1 is 1.07 bits per heavy atom. The van der Waals surface area contributed by atoms with Crippen LogP contribution in [0.5, 0.6) is 0 Å². The SMILES string of the molecule is CC1CCN(C(=O)c2ccccc2NC(=O)/C=C/c2ccc(F)cc2)CC1. The van der Waals surface area contributed by atoms with Crippen LogP contribution in [0.2, 0.25) is 0 Å². The molecule has 140 valence electrons. The summed E-state index contributed by atoms with van der Waals surface area (Å²) in [6.07, 6.45) is 4.98. The summed E-state index contributed by atoms with van der Waals surface area (Å²) in [4.78, 5) is 26.9. The number of carbonyl (C=O) groups excluding carboxylic acids is 2. The number of benzene rings is 2. The van der Waals surface area contributed by atoms with Gasteiger partial charge in [0.2, 0.25) is 5.91 Å². The van der Waals surface area contributed by atoms with Gasteiger partial charge in [0.1, 0.15) is 5.82 Å². The van der Waals surface area contributed by atoms with Crippen molar-refractivity contribution < 1.29 is 14.0 Å². The third-order valence-corrected chi connectivity index (χ3v) is 4.78. The van der Waals surface area contributed by atoms with Crippen LogP contribution in [0.1, 0.15) is 35.7 Å². The fourth-order valence-electron chi connectivity index (χ4n) is 3.08. The number of hydrogen-bond acceptors (Lipinski definition) is 2. The van der Waals surface area contributed by atoms with E-state index >= 15 is 0 Å². The summed E-state index contributed by atoms with van der Waals surface area (Å²) in [6, 6.07) is 12.9. The highest BCUT2D eigenvalue weighted by Crippen LogP contribution is 2.22. The van der Waals surface area contributed by atoms with Crippen LogP contribution in [0.25, 0.3) is 6.08 Å². The van der Waals surface area contributed by atoms with Crippen LogP contribution in [0.3, 0.4) is 0 Å². The topological polar surface area (TPSA) is 49.4 Å². The maximum Gasteiger partial charge on any atom is 0.255 e. The third kappa shape index (κ3) is 5.03. The normalized spacial score (nSPS) is 15.1. The molecule has 2 amide bonds. The first-order valence-electron chi connectivity index (χ1n) is 9.16. The minimum absolute atomic E-state index is 0.0553. The van der Waals surface area contributed by atoms with Crippen LogP contribution in [-0.4, -0.2) is 29.8 Å². The van der Waals surface area contributed by atoms with Crippen molar-refractivity contribution in [2.45, 2.75) is 19.8 Å². The minimum Gasteiger partial charge on any atom is -0.339 e. The molecule has 0 unspecified atom stereocenters. The highest BCUT2D eigenvalue weighted by atomic mass is 19.1. The molecule has 0 bridgehead atoms. The second-order valence-corrected chi connectivity index (χ2v) is 6.89. The zero-order valence-electron chi connectivity index (χ0n) is 15.3. The molecule has 3 rings (SSSR count). The van der Waals surface area contributed by atoms with E-state index in [9.17, 15) is 14.0 Å². The van der Waals surface area contributed by atoms with Crippen LogP contribution in [0.15, 0.2) is 54.6 Å². The van der Waals surface area contributed by atoms with E-state index in [-0.39, 0.29) is 17.6 Å². The molecule has 0 radical (unpaired) electrons. The quantitative estimate of drug-likeness (QED) is 0.818. The van der Waals surface area contributed by atoms with E-state index in [1.807, 2.05) is 4.90 Å². The molecule has 1 saturated heterocycles. The van der Waals surface area contributed by atoms with Gasteiger partial charge in [-0.15, -0.1) is 0 Å². The Hall–Kier alpha value is -2.95. The van der Waals surface area contributed by atoms with Gasteiger partial charge >= 0.3 is 0 Å². The van der Waals surface area contributed by atoms with Gasteiger partial charge in [0, 0.05) is 19.2 Å². The van der Waals surface area contributed by atoms with E-state index in [4.69, 9.17) is 0 Å². The van der Waals surface area contributed by atoms with E-state index in [1.165, 1.54) is 18.2 Å². The maximum atomic E-state index is 12.9. The Morgan fingerprint density at radius 3 is 2.44 bits per heavy atom. The molecule has 5 heteroatoms. The summed E-state index contributed by atoms with van der Waals surface area (Å²) < 4.78 is 12.9. The fourth-order valence-corrected chi connectivity index (χ4v) is 3.08. The first-order chi connectivity index (χ1) is 13.0. The monoisotopic (exact) mass is 366 g/mol. The van der Waals surface area contributed by atoms with E-state index < -0.39 is 0 Å². The summed E-state index contributed by atoms with van der Waals surface area (Å²) in [5.74, 6) is -0.0797. The highest BCUT2D eigenvalue weighted by Gasteiger charge is 2.23. The molecule has 4 nitrogen and oxygen atoms in total. The Balaban J connectivity index is 1.69. The van der Waals surface area contributed by atoms with Gasteiger partial charge in [-0.05, 0) is 54.7 Å². The predicted octanol–water partition coefficient (Wildman–Crippen LogP) is 4.35. The van der Waals surface area contributed by atoms with Crippen LogP contribution in [0, 0.1) is 11.7 Å². The molecule has 27 heavy (non-hydrogen) atoms. The first kappa shape index (κ1) is 18.8. The average molecular weight is 366 g/mol. The van der Waals surface area contributed by atoms with E-state index in [1.54, 1.807) is 42.5 Å². The molecule has 2 aromatic carbocycles. The third-order valence-electron chi connectivity index (χ3n) is 4.78. The van der Waals surface area contributed by atoms with Crippen molar-refractivity contribution in [2.75, 3.05) is 18.4 Å². The maximum absolute atomic E-state index is 12.9. The molecule has 1 fully saturated rings. The predicted molar refractivity (Wildman–Crippen MR) is 105 cm³/mol. The van der Waals surface area contributed by atoms with Crippen molar-refractivity contribution >= 4 is 23.6 Å². The van der Waals surface area contributed by atoms with Gasteiger partial charge in [-0.3, -0.25) is 9.59 Å². The second kappa shape index (κ2) is 8.62. The lowest BCUT2D eigenvalue weighted by Gasteiger charge is -2.30. The van der Waals surface area contributed by atoms with Gasteiger partial charge < -0.3 is 10.2 Å². The van der Waals surface area contributed by atoms with Crippen molar-refractivity contribution in [3.63, 3.8) is 0 Å². The van der Waals surface area contributed by atoms with Crippen LogP contribution >= 0.6 is 0 Å². The van der Waals surface area contributed by atoms with Crippen molar-refractivity contribution in [1.29, 1.82) is 0 Å². The van der Waals surface area contributed by atoms with Gasteiger partial charge in [-0.2, -0.15) is 0 Å². The van der Waals surface area contributed by atoms with Gasteiger partial charge in [0.15, 0.2) is 0 Å².